The molecule has 0 aliphatic carbocycles. The molecule has 2 aromatic rings. The van der Waals surface area contributed by atoms with E-state index in [1.807, 2.05) is 4.57 Å². The van der Waals surface area contributed by atoms with Crippen molar-refractivity contribution in [1.29, 1.82) is 0 Å². The first-order chi connectivity index (χ1) is 7.26. The first-order valence-electron chi connectivity index (χ1n) is 4.76. The van der Waals surface area contributed by atoms with Gasteiger partial charge in [0.05, 0.1) is 17.6 Å². The van der Waals surface area contributed by atoms with Crippen molar-refractivity contribution in [3.05, 3.63) is 29.6 Å². The van der Waals surface area contributed by atoms with E-state index in [1.165, 1.54) is 5.56 Å². The average molecular weight is 216 g/mol. The summed E-state index contributed by atoms with van der Waals surface area (Å²) in [7, 11) is 0. The molecule has 0 atom stereocenters. The van der Waals surface area contributed by atoms with Gasteiger partial charge < -0.3 is 4.57 Å². The molecule has 0 fully saturated rings. The maximum absolute atomic E-state index is 5.34. The molecular formula is C12H12N2S. The van der Waals surface area contributed by atoms with Crippen LogP contribution < -0.4 is 0 Å². The van der Waals surface area contributed by atoms with E-state index in [0.717, 1.165) is 16.9 Å². The van der Waals surface area contributed by atoms with Crippen LogP contribution in [0.2, 0.25) is 0 Å². The van der Waals surface area contributed by atoms with Crippen molar-refractivity contribution < 1.29 is 0 Å². The summed E-state index contributed by atoms with van der Waals surface area (Å²) in [6.07, 6.45) is 5.34. The molecule has 2 rings (SSSR count). The minimum Gasteiger partial charge on any atom is -0.315 e. The Morgan fingerprint density at radius 1 is 1.53 bits per heavy atom. The summed E-state index contributed by atoms with van der Waals surface area (Å²) in [6.45, 7) is 2.61. The van der Waals surface area contributed by atoms with Crippen molar-refractivity contribution in [3.8, 4) is 12.3 Å². The SMILES string of the molecule is C#CCn1c(CS)nc2cc(C)ccc21. The second-order valence-corrected chi connectivity index (χ2v) is 3.78. The van der Waals surface area contributed by atoms with Crippen LogP contribution in [0.1, 0.15) is 11.4 Å². The molecule has 1 heterocycles. The fraction of sp³-hybridized carbons (Fsp3) is 0.250. The summed E-state index contributed by atoms with van der Waals surface area (Å²) in [6, 6.07) is 6.19. The van der Waals surface area contributed by atoms with E-state index in [9.17, 15) is 0 Å². The normalized spacial score (nSPS) is 10.5. The molecule has 0 aliphatic rings. The van der Waals surface area contributed by atoms with Crippen LogP contribution in [0.15, 0.2) is 18.2 Å². The standard InChI is InChI=1S/C12H12N2S/c1-3-6-14-11-5-4-9(2)7-10(11)13-12(14)8-15/h1,4-5,7,15H,6,8H2,2H3. The lowest BCUT2D eigenvalue weighted by molar-refractivity contribution is 0.817. The van der Waals surface area contributed by atoms with Gasteiger partial charge in [-0.05, 0) is 24.6 Å². The number of fused-ring (bicyclic) bond motifs is 1. The van der Waals surface area contributed by atoms with Crippen LogP contribution in [0.4, 0.5) is 0 Å². The molecule has 1 aromatic heterocycles. The van der Waals surface area contributed by atoms with Crippen molar-refractivity contribution in [2.24, 2.45) is 0 Å². The number of benzene rings is 1. The fourth-order valence-corrected chi connectivity index (χ4v) is 1.92. The molecule has 0 radical (unpaired) electrons. The molecular weight excluding hydrogens is 204 g/mol. The first kappa shape index (κ1) is 10.1. The van der Waals surface area contributed by atoms with E-state index in [4.69, 9.17) is 6.42 Å². The molecule has 15 heavy (non-hydrogen) atoms. The van der Waals surface area contributed by atoms with Gasteiger partial charge in [0.2, 0.25) is 0 Å². The zero-order chi connectivity index (χ0) is 10.8. The highest BCUT2D eigenvalue weighted by atomic mass is 32.1. The summed E-state index contributed by atoms with van der Waals surface area (Å²) in [5.41, 5.74) is 3.29. The second kappa shape index (κ2) is 4.00. The highest BCUT2D eigenvalue weighted by Crippen LogP contribution is 2.18. The van der Waals surface area contributed by atoms with Crippen LogP contribution in [0.25, 0.3) is 11.0 Å². The summed E-state index contributed by atoms with van der Waals surface area (Å²) in [5, 5.41) is 0. The number of imidazole rings is 1. The molecule has 1 aromatic carbocycles. The topological polar surface area (TPSA) is 17.8 Å². The van der Waals surface area contributed by atoms with Gasteiger partial charge in [0.15, 0.2) is 0 Å². The minimum absolute atomic E-state index is 0.551. The number of thiol groups is 1. The monoisotopic (exact) mass is 216 g/mol. The van der Waals surface area contributed by atoms with E-state index in [2.05, 4.69) is 48.7 Å². The first-order valence-corrected chi connectivity index (χ1v) is 5.39. The largest absolute Gasteiger partial charge is 0.315 e. The third kappa shape index (κ3) is 1.73. The molecule has 2 nitrogen and oxygen atoms in total. The number of terminal acetylenes is 1. The van der Waals surface area contributed by atoms with E-state index in [1.54, 1.807) is 0 Å². The van der Waals surface area contributed by atoms with Gasteiger partial charge >= 0.3 is 0 Å². The van der Waals surface area contributed by atoms with Crippen molar-refractivity contribution in [1.82, 2.24) is 9.55 Å². The van der Waals surface area contributed by atoms with Gasteiger partial charge in [-0.1, -0.05) is 12.0 Å². The van der Waals surface area contributed by atoms with Crippen LogP contribution in [-0.2, 0) is 12.3 Å². The molecule has 3 heteroatoms. The van der Waals surface area contributed by atoms with Crippen molar-refractivity contribution in [2.75, 3.05) is 0 Å². The Morgan fingerprint density at radius 3 is 3.00 bits per heavy atom. The second-order valence-electron chi connectivity index (χ2n) is 3.47. The van der Waals surface area contributed by atoms with Gasteiger partial charge in [-0.25, -0.2) is 4.98 Å². The highest BCUT2D eigenvalue weighted by molar-refractivity contribution is 7.79. The smallest absolute Gasteiger partial charge is 0.120 e. The maximum Gasteiger partial charge on any atom is 0.120 e. The molecule has 0 saturated heterocycles. The summed E-state index contributed by atoms with van der Waals surface area (Å²) in [4.78, 5) is 4.50. The lowest BCUT2D eigenvalue weighted by Gasteiger charge is -2.02. The number of aryl methyl sites for hydroxylation is 1. The van der Waals surface area contributed by atoms with Gasteiger partial charge in [-0.2, -0.15) is 12.6 Å². The molecule has 0 spiro atoms. The number of hydrogen-bond donors (Lipinski definition) is 1. The van der Waals surface area contributed by atoms with E-state index in [0.29, 0.717) is 12.3 Å². The Hall–Kier alpha value is -1.40. The van der Waals surface area contributed by atoms with Crippen molar-refractivity contribution >= 4 is 23.7 Å². The predicted molar refractivity (Wildman–Crippen MR) is 66.0 cm³/mol. The molecule has 0 bridgehead atoms. The summed E-state index contributed by atoms with van der Waals surface area (Å²) >= 11 is 4.26. The molecule has 0 N–H and O–H groups in total. The van der Waals surface area contributed by atoms with E-state index < -0.39 is 0 Å². The number of rotatable bonds is 2. The van der Waals surface area contributed by atoms with Gasteiger partial charge in [-0.15, -0.1) is 6.42 Å². The zero-order valence-corrected chi connectivity index (χ0v) is 9.46. The molecule has 0 aliphatic heterocycles. The van der Waals surface area contributed by atoms with Crippen LogP contribution in [0.5, 0.6) is 0 Å². The Kier molecular flexibility index (Phi) is 2.70. The van der Waals surface area contributed by atoms with Gasteiger partial charge in [0.25, 0.3) is 0 Å². The maximum atomic E-state index is 5.34. The van der Waals surface area contributed by atoms with Gasteiger partial charge in [0.1, 0.15) is 5.82 Å². The third-order valence-corrected chi connectivity index (χ3v) is 2.66. The average Bonchev–Trinajstić information content (AvgIpc) is 2.56. The molecule has 0 amide bonds. The number of nitrogens with zero attached hydrogens (tertiary/aromatic N) is 2. The van der Waals surface area contributed by atoms with Crippen molar-refractivity contribution in [2.45, 2.75) is 19.2 Å². The van der Waals surface area contributed by atoms with E-state index >= 15 is 0 Å². The van der Waals surface area contributed by atoms with Crippen LogP contribution in [0, 0.1) is 19.3 Å². The lowest BCUT2D eigenvalue weighted by Crippen LogP contribution is -2.00. The number of aromatic nitrogens is 2. The minimum atomic E-state index is 0.551. The zero-order valence-electron chi connectivity index (χ0n) is 8.57. The predicted octanol–water partition coefficient (Wildman–Crippen LogP) is 2.41. The van der Waals surface area contributed by atoms with Crippen LogP contribution in [0.3, 0.4) is 0 Å². The van der Waals surface area contributed by atoms with Gasteiger partial charge in [-0.3, -0.25) is 0 Å². The quantitative estimate of drug-likeness (QED) is 0.603. The van der Waals surface area contributed by atoms with Crippen molar-refractivity contribution in [3.63, 3.8) is 0 Å². The molecule has 0 unspecified atom stereocenters. The number of hydrogen-bond acceptors (Lipinski definition) is 2. The molecule has 0 saturated carbocycles. The Labute approximate surface area is 94.7 Å². The van der Waals surface area contributed by atoms with E-state index in [-0.39, 0.29) is 0 Å². The Bertz CT molecular complexity index is 534. The summed E-state index contributed by atoms with van der Waals surface area (Å²) in [5.74, 6) is 4.17. The third-order valence-electron chi connectivity index (χ3n) is 2.37. The lowest BCUT2D eigenvalue weighted by atomic mass is 10.2. The van der Waals surface area contributed by atoms with Crippen LogP contribution in [-0.4, -0.2) is 9.55 Å². The molecule has 76 valence electrons. The van der Waals surface area contributed by atoms with Crippen LogP contribution >= 0.6 is 12.6 Å². The fourth-order valence-electron chi connectivity index (χ4n) is 1.68. The summed E-state index contributed by atoms with van der Waals surface area (Å²) < 4.78 is 2.03. The van der Waals surface area contributed by atoms with Gasteiger partial charge in [0, 0.05) is 5.75 Å². The highest BCUT2D eigenvalue weighted by Gasteiger charge is 2.07. The Balaban J connectivity index is 2.70. The Morgan fingerprint density at radius 2 is 2.33 bits per heavy atom.